The summed E-state index contributed by atoms with van der Waals surface area (Å²) in [4.78, 5) is 0. The minimum atomic E-state index is 0.701. The maximum Gasteiger partial charge on any atom is 0.169 e. The number of methoxy groups -OCH3 is 1. The van der Waals surface area contributed by atoms with Gasteiger partial charge in [0.25, 0.3) is 0 Å². The van der Waals surface area contributed by atoms with Crippen LogP contribution < -0.4 is 14.2 Å². The zero-order valence-electron chi connectivity index (χ0n) is 16.8. The van der Waals surface area contributed by atoms with Crippen molar-refractivity contribution in [3.05, 3.63) is 30.3 Å². The van der Waals surface area contributed by atoms with Gasteiger partial charge in [-0.15, -0.1) is 0 Å². The summed E-state index contributed by atoms with van der Waals surface area (Å²) in [6.07, 6.45) is 9.62. The van der Waals surface area contributed by atoms with Crippen LogP contribution in [0.2, 0.25) is 0 Å². The molecule has 0 N–H and O–H groups in total. The van der Waals surface area contributed by atoms with Gasteiger partial charge in [0, 0.05) is 22.2 Å². The van der Waals surface area contributed by atoms with Crippen molar-refractivity contribution in [1.29, 1.82) is 0 Å². The van der Waals surface area contributed by atoms with Crippen LogP contribution in [0.25, 0.3) is 10.8 Å². The lowest BCUT2D eigenvalue weighted by Crippen LogP contribution is -2.02. The van der Waals surface area contributed by atoms with Gasteiger partial charge in [-0.05, 0) is 19.3 Å². The molecule has 4 heteroatoms. The van der Waals surface area contributed by atoms with Crippen molar-refractivity contribution in [2.75, 3.05) is 25.7 Å². The minimum absolute atomic E-state index is 0.701. The maximum atomic E-state index is 6.13. The van der Waals surface area contributed by atoms with E-state index < -0.39 is 0 Å². The molecule has 0 amide bonds. The van der Waals surface area contributed by atoms with Crippen LogP contribution in [0.15, 0.2) is 30.3 Å². The Morgan fingerprint density at radius 3 is 2.15 bits per heavy atom. The quantitative estimate of drug-likeness (QED) is 0.232. The lowest BCUT2D eigenvalue weighted by molar-refractivity contribution is 0.286. The molecule has 0 heterocycles. The molecule has 0 bridgehead atoms. The number of fused-ring (bicyclic) bond motifs is 1. The molecule has 0 unspecified atom stereocenters. The topological polar surface area (TPSA) is 27.7 Å². The third-order valence-corrected chi connectivity index (χ3v) is 5.23. The Kier molecular flexibility index (Phi) is 10.4. The van der Waals surface area contributed by atoms with Crippen molar-refractivity contribution in [2.45, 2.75) is 58.3 Å². The van der Waals surface area contributed by atoms with Gasteiger partial charge in [-0.3, -0.25) is 0 Å². The van der Waals surface area contributed by atoms with Crippen LogP contribution in [0.4, 0.5) is 0 Å². The summed E-state index contributed by atoms with van der Waals surface area (Å²) in [7, 11) is 1.69. The zero-order valence-corrected chi connectivity index (χ0v) is 18.4. The first-order valence-electron chi connectivity index (χ1n) is 10.2. The molecule has 0 aliphatic rings. The normalized spacial score (nSPS) is 10.9. The van der Waals surface area contributed by atoms with E-state index in [2.05, 4.69) is 35.0 Å². The number of hydrogen-bond donors (Lipinski definition) is 0. The van der Waals surface area contributed by atoms with E-state index in [4.69, 9.17) is 14.2 Å². The summed E-state index contributed by atoms with van der Waals surface area (Å²) in [6.45, 7) is 3.60. The van der Waals surface area contributed by atoms with E-state index in [1.54, 1.807) is 7.11 Å². The molecular formula is C23H33BrO3. The van der Waals surface area contributed by atoms with E-state index in [9.17, 15) is 0 Å². The summed E-state index contributed by atoms with van der Waals surface area (Å²) in [6, 6.07) is 10.2. The number of rotatable bonds is 14. The Hall–Kier alpha value is -1.42. The van der Waals surface area contributed by atoms with Crippen LogP contribution in [-0.4, -0.2) is 25.7 Å². The molecule has 150 valence electrons. The van der Waals surface area contributed by atoms with Gasteiger partial charge in [-0.1, -0.05) is 79.2 Å². The fourth-order valence-corrected chi connectivity index (χ4v) is 3.51. The van der Waals surface area contributed by atoms with Crippen LogP contribution in [0, 0.1) is 0 Å². The van der Waals surface area contributed by atoms with E-state index in [-0.39, 0.29) is 0 Å². The predicted molar refractivity (Wildman–Crippen MR) is 118 cm³/mol. The highest BCUT2D eigenvalue weighted by atomic mass is 79.9. The molecule has 0 aliphatic carbocycles. The van der Waals surface area contributed by atoms with E-state index in [1.807, 2.05) is 18.2 Å². The number of unbranched alkanes of at least 4 members (excludes halogenated alkanes) is 6. The Morgan fingerprint density at radius 2 is 1.44 bits per heavy atom. The average molecular weight is 437 g/mol. The average Bonchev–Trinajstić information content (AvgIpc) is 2.70. The molecule has 0 radical (unpaired) electrons. The lowest BCUT2D eigenvalue weighted by Gasteiger charge is -2.17. The molecule has 2 rings (SSSR count). The summed E-state index contributed by atoms with van der Waals surface area (Å²) in [5.74, 6) is 2.44. The third-order valence-electron chi connectivity index (χ3n) is 4.67. The Labute approximate surface area is 172 Å². The number of hydrogen-bond acceptors (Lipinski definition) is 3. The van der Waals surface area contributed by atoms with E-state index in [0.717, 1.165) is 59.2 Å². The second kappa shape index (κ2) is 12.9. The largest absolute Gasteiger partial charge is 0.493 e. The minimum Gasteiger partial charge on any atom is -0.493 e. The summed E-state index contributed by atoms with van der Waals surface area (Å²) < 4.78 is 17.8. The third kappa shape index (κ3) is 6.91. The van der Waals surface area contributed by atoms with Gasteiger partial charge < -0.3 is 14.2 Å². The van der Waals surface area contributed by atoms with Gasteiger partial charge in [0.05, 0.1) is 20.3 Å². The Balaban J connectivity index is 2.01. The van der Waals surface area contributed by atoms with E-state index in [1.165, 1.54) is 32.1 Å². The Morgan fingerprint density at radius 1 is 0.778 bits per heavy atom. The number of halogens is 1. The summed E-state index contributed by atoms with van der Waals surface area (Å²) >= 11 is 3.48. The van der Waals surface area contributed by atoms with Crippen molar-refractivity contribution in [1.82, 2.24) is 0 Å². The number of ether oxygens (including phenoxy) is 3. The van der Waals surface area contributed by atoms with E-state index in [0.29, 0.717) is 6.61 Å². The SMILES string of the molecule is CCCCOc1c(OC)cc(OCCCCCCCCBr)c2ccccc12. The molecule has 0 saturated heterocycles. The standard InChI is InChI=1S/C23H33BrO3/c1-3-4-16-27-23-20-14-10-9-13-19(20)21(18-22(23)25-2)26-17-12-8-6-5-7-11-15-24/h9-10,13-14,18H,3-8,11-12,15-17H2,1-2H3. The smallest absolute Gasteiger partial charge is 0.169 e. The first kappa shape index (κ1) is 21.9. The molecule has 0 fully saturated rings. The van der Waals surface area contributed by atoms with Crippen LogP contribution in [0.1, 0.15) is 58.3 Å². The highest BCUT2D eigenvalue weighted by Crippen LogP contribution is 2.41. The van der Waals surface area contributed by atoms with Crippen molar-refractivity contribution < 1.29 is 14.2 Å². The highest BCUT2D eigenvalue weighted by Gasteiger charge is 2.14. The van der Waals surface area contributed by atoms with Crippen molar-refractivity contribution in [2.24, 2.45) is 0 Å². The molecule has 0 aromatic heterocycles. The second-order valence-corrected chi connectivity index (χ2v) is 7.61. The summed E-state index contributed by atoms with van der Waals surface area (Å²) in [5.41, 5.74) is 0. The Bertz CT molecular complexity index is 672. The van der Waals surface area contributed by atoms with Crippen molar-refractivity contribution >= 4 is 26.7 Å². The monoisotopic (exact) mass is 436 g/mol. The maximum absolute atomic E-state index is 6.13. The zero-order chi connectivity index (χ0) is 19.3. The lowest BCUT2D eigenvalue weighted by atomic mass is 10.1. The second-order valence-electron chi connectivity index (χ2n) is 6.81. The first-order valence-corrected chi connectivity index (χ1v) is 11.3. The molecule has 2 aromatic carbocycles. The molecule has 2 aromatic rings. The number of alkyl halides is 1. The molecule has 0 saturated carbocycles. The van der Waals surface area contributed by atoms with Crippen LogP contribution in [-0.2, 0) is 0 Å². The van der Waals surface area contributed by atoms with E-state index >= 15 is 0 Å². The number of benzene rings is 2. The van der Waals surface area contributed by atoms with Gasteiger partial charge in [-0.25, -0.2) is 0 Å². The molecular weight excluding hydrogens is 404 g/mol. The molecule has 0 atom stereocenters. The molecule has 0 aliphatic heterocycles. The van der Waals surface area contributed by atoms with Crippen LogP contribution in [0.5, 0.6) is 17.2 Å². The van der Waals surface area contributed by atoms with Gasteiger partial charge in [0.15, 0.2) is 11.5 Å². The van der Waals surface area contributed by atoms with Crippen LogP contribution in [0.3, 0.4) is 0 Å². The predicted octanol–water partition coefficient (Wildman–Crippen LogP) is 7.14. The van der Waals surface area contributed by atoms with Gasteiger partial charge in [0.1, 0.15) is 5.75 Å². The van der Waals surface area contributed by atoms with Gasteiger partial charge in [-0.2, -0.15) is 0 Å². The van der Waals surface area contributed by atoms with Crippen molar-refractivity contribution in [3.8, 4) is 17.2 Å². The van der Waals surface area contributed by atoms with Crippen molar-refractivity contribution in [3.63, 3.8) is 0 Å². The first-order chi connectivity index (χ1) is 13.3. The highest BCUT2D eigenvalue weighted by molar-refractivity contribution is 9.09. The molecule has 3 nitrogen and oxygen atoms in total. The summed E-state index contributed by atoms with van der Waals surface area (Å²) in [5, 5.41) is 3.25. The van der Waals surface area contributed by atoms with Crippen LogP contribution >= 0.6 is 15.9 Å². The molecule has 0 spiro atoms. The molecule has 27 heavy (non-hydrogen) atoms. The van der Waals surface area contributed by atoms with Gasteiger partial charge in [0.2, 0.25) is 0 Å². The fourth-order valence-electron chi connectivity index (χ4n) is 3.12. The fraction of sp³-hybridized carbons (Fsp3) is 0.565. The van der Waals surface area contributed by atoms with Gasteiger partial charge >= 0.3 is 0 Å².